The van der Waals surface area contributed by atoms with Crippen LogP contribution in [0.1, 0.15) is 22.6 Å². The van der Waals surface area contributed by atoms with Crippen LogP contribution in [0, 0.1) is 41.2 Å². The molecule has 11 heteroatoms. The number of allylic oxidation sites excluding steroid dienone is 1. The Morgan fingerprint density at radius 3 is 2.49 bits per heavy atom. The van der Waals surface area contributed by atoms with Crippen LogP contribution in [-0.4, -0.2) is 35.6 Å². The van der Waals surface area contributed by atoms with E-state index in [1.807, 2.05) is 19.1 Å². The van der Waals surface area contributed by atoms with E-state index in [9.17, 15) is 29.8 Å². The Hall–Kier alpha value is -4.17. The van der Waals surface area contributed by atoms with Crippen LogP contribution in [0.3, 0.4) is 0 Å². The van der Waals surface area contributed by atoms with E-state index in [2.05, 4.69) is 16.7 Å². The summed E-state index contributed by atoms with van der Waals surface area (Å²) in [6, 6.07) is 13.3. The Morgan fingerprint density at radius 2 is 1.91 bits per heavy atom. The number of nitro groups is 1. The van der Waals surface area contributed by atoms with Crippen LogP contribution in [0.5, 0.6) is 0 Å². The smallest absolute Gasteiger partial charge is 0.319 e. The van der Waals surface area contributed by atoms with Gasteiger partial charge in [0.15, 0.2) is 0 Å². The number of carbonyl (C=O) groups is 3. The number of nitriles is 1. The van der Waals surface area contributed by atoms with E-state index < -0.39 is 34.5 Å². The number of aryl methyl sites for hydroxylation is 2. The second-order valence-electron chi connectivity index (χ2n) is 7.83. The highest BCUT2D eigenvalue weighted by Gasteiger charge is 2.44. The van der Waals surface area contributed by atoms with Crippen LogP contribution < -0.4 is 10.6 Å². The molecular formula is C24H22N4O6S. The van der Waals surface area contributed by atoms with Crippen molar-refractivity contribution in [2.24, 2.45) is 5.92 Å². The van der Waals surface area contributed by atoms with E-state index in [1.54, 1.807) is 19.1 Å². The van der Waals surface area contributed by atoms with Gasteiger partial charge < -0.3 is 15.4 Å². The first-order valence-corrected chi connectivity index (χ1v) is 11.4. The van der Waals surface area contributed by atoms with Crippen molar-refractivity contribution >= 4 is 40.9 Å². The van der Waals surface area contributed by atoms with Crippen molar-refractivity contribution in [3.8, 4) is 6.07 Å². The van der Waals surface area contributed by atoms with Gasteiger partial charge in [-0.05, 0) is 31.0 Å². The zero-order valence-electron chi connectivity index (χ0n) is 19.2. The van der Waals surface area contributed by atoms with Crippen molar-refractivity contribution in [2.75, 3.05) is 18.2 Å². The summed E-state index contributed by atoms with van der Waals surface area (Å²) in [4.78, 5) is 48.2. The van der Waals surface area contributed by atoms with E-state index in [0.717, 1.165) is 17.3 Å². The number of esters is 1. The molecule has 2 N–H and O–H groups in total. The molecule has 0 saturated carbocycles. The predicted octanol–water partition coefficient (Wildman–Crippen LogP) is 3.32. The molecule has 0 aromatic heterocycles. The maximum Gasteiger partial charge on any atom is 0.319 e. The molecular weight excluding hydrogens is 472 g/mol. The molecule has 0 bridgehead atoms. The van der Waals surface area contributed by atoms with E-state index >= 15 is 0 Å². The van der Waals surface area contributed by atoms with Crippen LogP contribution in [0.25, 0.3) is 0 Å². The van der Waals surface area contributed by atoms with Crippen molar-refractivity contribution < 1.29 is 24.0 Å². The lowest BCUT2D eigenvalue weighted by atomic mass is 9.78. The molecule has 1 aliphatic heterocycles. The largest absolute Gasteiger partial charge is 0.468 e. The Balaban J connectivity index is 1.86. The third-order valence-corrected chi connectivity index (χ3v) is 6.48. The van der Waals surface area contributed by atoms with Crippen LogP contribution in [0.4, 0.5) is 11.4 Å². The lowest BCUT2D eigenvalue weighted by Crippen LogP contribution is -2.44. The summed E-state index contributed by atoms with van der Waals surface area (Å²) in [5.41, 5.74) is 2.55. The molecule has 2 amide bonds. The van der Waals surface area contributed by atoms with Gasteiger partial charge in [-0.2, -0.15) is 5.26 Å². The summed E-state index contributed by atoms with van der Waals surface area (Å²) in [6.45, 7) is 3.52. The zero-order valence-corrected chi connectivity index (χ0v) is 20.0. The summed E-state index contributed by atoms with van der Waals surface area (Å²) in [6.07, 6.45) is 0. The number of benzene rings is 2. The maximum absolute atomic E-state index is 12.9. The standard InChI is InChI=1S/C24H22N4O6S/c1-13-4-6-15(7-5-13)20-17(11-25)23(27-22(30)21(20)24(31)34-3)35-12-19(29)26-18-9-8-16(28(32)33)10-14(18)2/h4-10,20-21H,12H2,1-3H3,(H,26,29)(H,27,30)/t20-,21-/m1/s1. The van der Waals surface area contributed by atoms with E-state index in [4.69, 9.17) is 4.74 Å². The first-order chi connectivity index (χ1) is 16.7. The number of carbonyl (C=O) groups excluding carboxylic acids is 3. The van der Waals surface area contributed by atoms with Gasteiger partial charge in [-0.15, -0.1) is 0 Å². The van der Waals surface area contributed by atoms with Crippen molar-refractivity contribution in [3.05, 3.63) is 79.9 Å². The molecule has 10 nitrogen and oxygen atoms in total. The quantitative estimate of drug-likeness (QED) is 0.257. The van der Waals surface area contributed by atoms with Gasteiger partial charge in [-0.1, -0.05) is 41.6 Å². The number of anilines is 1. The lowest BCUT2D eigenvalue weighted by Gasteiger charge is -2.31. The van der Waals surface area contributed by atoms with Crippen LogP contribution in [0.2, 0.25) is 0 Å². The van der Waals surface area contributed by atoms with E-state index in [-0.39, 0.29) is 22.0 Å². The second-order valence-corrected chi connectivity index (χ2v) is 8.81. The van der Waals surface area contributed by atoms with Crippen LogP contribution in [0.15, 0.2) is 53.1 Å². The first-order valence-electron chi connectivity index (χ1n) is 10.4. The number of non-ortho nitro benzene ring substituents is 1. The summed E-state index contributed by atoms with van der Waals surface area (Å²) < 4.78 is 4.82. The zero-order chi connectivity index (χ0) is 25.7. The Labute approximate surface area is 205 Å². The summed E-state index contributed by atoms with van der Waals surface area (Å²) >= 11 is 0.951. The minimum atomic E-state index is -1.25. The molecule has 0 spiro atoms. The third-order valence-electron chi connectivity index (χ3n) is 5.46. The Kier molecular flexibility index (Phi) is 7.88. The van der Waals surface area contributed by atoms with E-state index in [1.165, 1.54) is 25.3 Å². The van der Waals surface area contributed by atoms with Gasteiger partial charge in [0.25, 0.3) is 5.69 Å². The van der Waals surface area contributed by atoms with E-state index in [0.29, 0.717) is 16.8 Å². The van der Waals surface area contributed by atoms with Crippen molar-refractivity contribution in [3.63, 3.8) is 0 Å². The molecule has 180 valence electrons. The predicted molar refractivity (Wildman–Crippen MR) is 129 cm³/mol. The van der Waals surface area contributed by atoms with Gasteiger partial charge in [0.1, 0.15) is 5.92 Å². The molecule has 0 fully saturated rings. The van der Waals surface area contributed by atoms with Crippen molar-refractivity contribution in [2.45, 2.75) is 19.8 Å². The number of hydrogen-bond donors (Lipinski definition) is 2. The van der Waals surface area contributed by atoms with Gasteiger partial charge in [-0.25, -0.2) is 0 Å². The van der Waals surface area contributed by atoms with Gasteiger partial charge in [0, 0.05) is 23.7 Å². The SMILES string of the molecule is COC(=O)[C@H]1C(=O)NC(SCC(=O)Nc2ccc([N+](=O)[O-])cc2C)=C(C#N)[C@H]1c1ccc(C)cc1. The number of ether oxygens (including phenoxy) is 1. The number of hydrogen-bond acceptors (Lipinski definition) is 8. The van der Waals surface area contributed by atoms with Gasteiger partial charge in [0.05, 0.1) is 34.5 Å². The average molecular weight is 495 g/mol. The Bertz CT molecular complexity index is 1270. The second kappa shape index (κ2) is 10.8. The molecule has 35 heavy (non-hydrogen) atoms. The monoisotopic (exact) mass is 494 g/mol. The molecule has 3 rings (SSSR count). The molecule has 0 aliphatic carbocycles. The molecule has 0 radical (unpaired) electrons. The molecule has 2 aromatic rings. The molecule has 0 unspecified atom stereocenters. The lowest BCUT2D eigenvalue weighted by molar-refractivity contribution is -0.384. The van der Waals surface area contributed by atoms with Gasteiger partial charge >= 0.3 is 5.97 Å². The number of nitro benzene ring substituents is 1. The fourth-order valence-electron chi connectivity index (χ4n) is 3.68. The first kappa shape index (κ1) is 25.5. The molecule has 0 saturated heterocycles. The summed E-state index contributed by atoms with van der Waals surface area (Å²) in [7, 11) is 1.17. The topological polar surface area (TPSA) is 151 Å². The number of nitrogens with zero attached hydrogens (tertiary/aromatic N) is 2. The van der Waals surface area contributed by atoms with Gasteiger partial charge in [0.2, 0.25) is 11.8 Å². The number of rotatable bonds is 7. The minimum Gasteiger partial charge on any atom is -0.468 e. The van der Waals surface area contributed by atoms with Crippen molar-refractivity contribution in [1.82, 2.24) is 5.32 Å². The maximum atomic E-state index is 12.9. The van der Waals surface area contributed by atoms with Gasteiger partial charge in [-0.3, -0.25) is 24.5 Å². The molecule has 2 atom stereocenters. The summed E-state index contributed by atoms with van der Waals surface area (Å²) in [5.74, 6) is -4.11. The summed E-state index contributed by atoms with van der Waals surface area (Å²) in [5, 5.41) is 26.3. The third kappa shape index (κ3) is 5.67. The Morgan fingerprint density at radius 1 is 1.23 bits per heavy atom. The number of thioether (sulfide) groups is 1. The molecule has 1 aliphatic rings. The fourth-order valence-corrected chi connectivity index (χ4v) is 4.53. The number of nitrogens with one attached hydrogen (secondary N) is 2. The normalized spacial score (nSPS) is 17.3. The van der Waals surface area contributed by atoms with Crippen LogP contribution in [-0.2, 0) is 19.1 Å². The molecule has 2 aromatic carbocycles. The van der Waals surface area contributed by atoms with Crippen LogP contribution >= 0.6 is 11.8 Å². The number of methoxy groups -OCH3 is 1. The van der Waals surface area contributed by atoms with Crippen molar-refractivity contribution in [1.29, 1.82) is 5.26 Å². The molecule has 1 heterocycles. The highest BCUT2D eigenvalue weighted by atomic mass is 32.2. The average Bonchev–Trinajstić information content (AvgIpc) is 2.83. The minimum absolute atomic E-state index is 0.0917. The number of amides is 2. The highest BCUT2D eigenvalue weighted by molar-refractivity contribution is 8.03. The fraction of sp³-hybridized carbons (Fsp3) is 0.250. The highest BCUT2D eigenvalue weighted by Crippen LogP contribution is 2.40.